The van der Waals surface area contributed by atoms with Gasteiger partial charge in [-0.3, -0.25) is 4.72 Å². The SMILES string of the molecule is CC(=NOCc1ccc(Cl)cc1)c1cc(Cl)ccc1NS(=O)(=O)C(F)(F)F. The van der Waals surface area contributed by atoms with Gasteiger partial charge in [0.25, 0.3) is 0 Å². The van der Waals surface area contributed by atoms with Crippen molar-refractivity contribution in [1.82, 2.24) is 0 Å². The van der Waals surface area contributed by atoms with Gasteiger partial charge >= 0.3 is 15.5 Å². The van der Waals surface area contributed by atoms with E-state index < -0.39 is 15.5 Å². The van der Waals surface area contributed by atoms with Crippen LogP contribution < -0.4 is 4.72 Å². The Kier molecular flexibility index (Phi) is 6.61. The highest BCUT2D eigenvalue weighted by Gasteiger charge is 2.46. The van der Waals surface area contributed by atoms with Gasteiger partial charge in [-0.15, -0.1) is 0 Å². The number of anilines is 1. The number of hydrogen-bond acceptors (Lipinski definition) is 4. The van der Waals surface area contributed by atoms with Crippen molar-refractivity contribution < 1.29 is 26.4 Å². The largest absolute Gasteiger partial charge is 0.516 e. The number of hydrogen-bond donors (Lipinski definition) is 1. The molecule has 0 radical (unpaired) electrons. The van der Waals surface area contributed by atoms with Crippen molar-refractivity contribution in [2.24, 2.45) is 5.16 Å². The minimum Gasteiger partial charge on any atom is -0.391 e. The van der Waals surface area contributed by atoms with Crippen molar-refractivity contribution in [1.29, 1.82) is 0 Å². The zero-order valence-corrected chi connectivity index (χ0v) is 16.0. The zero-order chi connectivity index (χ0) is 20.2. The fourth-order valence-corrected chi connectivity index (χ4v) is 2.82. The van der Waals surface area contributed by atoms with Crippen LogP contribution in [0.3, 0.4) is 0 Å². The smallest absolute Gasteiger partial charge is 0.391 e. The molecule has 0 saturated heterocycles. The molecule has 0 heterocycles. The van der Waals surface area contributed by atoms with E-state index in [0.29, 0.717) is 5.02 Å². The van der Waals surface area contributed by atoms with Crippen LogP contribution in [0.4, 0.5) is 18.9 Å². The molecule has 0 fully saturated rings. The van der Waals surface area contributed by atoms with E-state index in [9.17, 15) is 21.6 Å². The van der Waals surface area contributed by atoms with Gasteiger partial charge in [-0.25, -0.2) is 0 Å². The molecule has 0 aliphatic carbocycles. The highest BCUT2D eigenvalue weighted by molar-refractivity contribution is 7.93. The van der Waals surface area contributed by atoms with Crippen LogP contribution in [-0.2, 0) is 21.5 Å². The number of nitrogens with zero attached hydrogens (tertiary/aromatic N) is 1. The molecular formula is C16H13Cl2F3N2O3S. The Morgan fingerprint density at radius 3 is 2.30 bits per heavy atom. The molecule has 0 aliphatic rings. The third kappa shape index (κ3) is 5.75. The first-order valence-electron chi connectivity index (χ1n) is 7.29. The molecule has 146 valence electrons. The zero-order valence-electron chi connectivity index (χ0n) is 13.7. The minimum atomic E-state index is -5.59. The number of halogens is 5. The molecule has 5 nitrogen and oxygen atoms in total. The maximum absolute atomic E-state index is 12.6. The number of sulfonamides is 1. The molecular weight excluding hydrogens is 428 g/mol. The predicted octanol–water partition coefficient (Wildman–Crippen LogP) is 5.20. The van der Waals surface area contributed by atoms with Crippen molar-refractivity contribution >= 4 is 44.6 Å². The first-order chi connectivity index (χ1) is 12.5. The molecule has 0 atom stereocenters. The fraction of sp³-hybridized carbons (Fsp3) is 0.188. The summed E-state index contributed by atoms with van der Waals surface area (Å²) in [5, 5.41) is 4.56. The number of rotatable bonds is 6. The minimum absolute atomic E-state index is 0.0476. The molecule has 2 aromatic rings. The fourth-order valence-electron chi connectivity index (χ4n) is 1.94. The summed E-state index contributed by atoms with van der Waals surface area (Å²) in [5.74, 6) is 0. The summed E-state index contributed by atoms with van der Waals surface area (Å²) in [4.78, 5) is 5.17. The summed E-state index contributed by atoms with van der Waals surface area (Å²) in [6.45, 7) is 1.53. The third-order valence-corrected chi connectivity index (χ3v) is 4.85. The molecule has 2 rings (SSSR count). The molecule has 2 aromatic carbocycles. The standard InChI is InChI=1S/C16H13Cl2F3N2O3S/c1-10(22-26-9-11-2-4-12(17)5-3-11)14-8-13(18)6-7-15(14)23-27(24,25)16(19,20)21/h2-8,23H,9H2,1H3. The molecule has 0 amide bonds. The lowest BCUT2D eigenvalue weighted by atomic mass is 10.1. The number of alkyl halides is 3. The second-order valence-corrected chi connectivity index (χ2v) is 7.86. The van der Waals surface area contributed by atoms with Gasteiger partial charge in [0.05, 0.1) is 11.4 Å². The van der Waals surface area contributed by atoms with E-state index in [1.54, 1.807) is 24.3 Å². The Hall–Kier alpha value is -1.97. The summed E-state index contributed by atoms with van der Waals surface area (Å²) < 4.78 is 62.0. The van der Waals surface area contributed by atoms with E-state index in [0.717, 1.165) is 11.6 Å². The third-order valence-electron chi connectivity index (χ3n) is 3.27. The summed E-state index contributed by atoms with van der Waals surface area (Å²) in [5.41, 5.74) is -4.84. The maximum Gasteiger partial charge on any atom is 0.516 e. The normalized spacial score (nSPS) is 12.7. The van der Waals surface area contributed by atoms with E-state index in [-0.39, 0.29) is 28.6 Å². The van der Waals surface area contributed by atoms with Gasteiger partial charge in [-0.05, 0) is 42.8 Å². The molecule has 0 saturated carbocycles. The van der Waals surface area contributed by atoms with Gasteiger partial charge in [-0.1, -0.05) is 40.5 Å². The van der Waals surface area contributed by atoms with E-state index in [1.165, 1.54) is 23.8 Å². The van der Waals surface area contributed by atoms with Crippen LogP contribution in [0, 0.1) is 0 Å². The lowest BCUT2D eigenvalue weighted by molar-refractivity contribution is -0.0429. The Labute approximate surface area is 163 Å². The maximum atomic E-state index is 12.6. The van der Waals surface area contributed by atoms with Crippen molar-refractivity contribution in [2.45, 2.75) is 19.0 Å². The molecule has 11 heteroatoms. The van der Waals surface area contributed by atoms with Crippen LogP contribution in [0.5, 0.6) is 0 Å². The van der Waals surface area contributed by atoms with Crippen molar-refractivity contribution in [3.63, 3.8) is 0 Å². The summed E-state index contributed by atoms with van der Waals surface area (Å²) in [7, 11) is -5.59. The van der Waals surface area contributed by atoms with Gasteiger partial charge < -0.3 is 4.84 Å². The van der Waals surface area contributed by atoms with Crippen molar-refractivity contribution in [2.75, 3.05) is 4.72 Å². The van der Waals surface area contributed by atoms with Crippen molar-refractivity contribution in [3.8, 4) is 0 Å². The van der Waals surface area contributed by atoms with E-state index >= 15 is 0 Å². The average molecular weight is 441 g/mol. The summed E-state index contributed by atoms with van der Waals surface area (Å²) >= 11 is 11.6. The van der Waals surface area contributed by atoms with E-state index in [2.05, 4.69) is 5.16 Å². The van der Waals surface area contributed by atoms with E-state index in [4.69, 9.17) is 28.0 Å². The monoisotopic (exact) mass is 440 g/mol. The van der Waals surface area contributed by atoms with Crippen LogP contribution in [0.1, 0.15) is 18.1 Å². The number of oxime groups is 1. The molecule has 0 bridgehead atoms. The second-order valence-electron chi connectivity index (χ2n) is 5.32. The highest BCUT2D eigenvalue weighted by atomic mass is 35.5. The number of nitrogens with one attached hydrogen (secondary N) is 1. The Morgan fingerprint density at radius 1 is 1.11 bits per heavy atom. The highest BCUT2D eigenvalue weighted by Crippen LogP contribution is 2.29. The lowest BCUT2D eigenvalue weighted by Crippen LogP contribution is -2.30. The van der Waals surface area contributed by atoms with Gasteiger partial charge in [0, 0.05) is 15.6 Å². The van der Waals surface area contributed by atoms with Gasteiger partial charge in [0.1, 0.15) is 6.61 Å². The molecule has 0 aromatic heterocycles. The van der Waals surface area contributed by atoms with Crippen LogP contribution in [-0.4, -0.2) is 19.6 Å². The van der Waals surface area contributed by atoms with Gasteiger partial charge in [-0.2, -0.15) is 21.6 Å². The number of benzene rings is 2. The second kappa shape index (κ2) is 8.37. The summed E-state index contributed by atoms with van der Waals surface area (Å²) in [6, 6.07) is 10.4. The Balaban J connectivity index is 2.23. The molecule has 0 aliphatic heterocycles. The van der Waals surface area contributed by atoms with Crippen LogP contribution >= 0.6 is 23.2 Å². The Morgan fingerprint density at radius 2 is 1.70 bits per heavy atom. The van der Waals surface area contributed by atoms with Crippen molar-refractivity contribution in [3.05, 3.63) is 63.6 Å². The topological polar surface area (TPSA) is 67.8 Å². The van der Waals surface area contributed by atoms with Crippen LogP contribution in [0.2, 0.25) is 10.0 Å². The molecule has 0 spiro atoms. The molecule has 0 unspecified atom stereocenters. The quantitative estimate of drug-likeness (QED) is 0.495. The first-order valence-corrected chi connectivity index (χ1v) is 9.53. The van der Waals surface area contributed by atoms with E-state index in [1.807, 2.05) is 0 Å². The molecule has 27 heavy (non-hydrogen) atoms. The van der Waals surface area contributed by atoms with Crippen LogP contribution in [0.15, 0.2) is 47.6 Å². The lowest BCUT2D eigenvalue weighted by Gasteiger charge is -2.14. The van der Waals surface area contributed by atoms with Gasteiger partial charge in [0.2, 0.25) is 0 Å². The summed E-state index contributed by atoms with van der Waals surface area (Å²) in [6.07, 6.45) is 0. The first kappa shape index (κ1) is 21.3. The molecule has 1 N–H and O–H groups in total. The average Bonchev–Trinajstić information content (AvgIpc) is 2.57. The van der Waals surface area contributed by atoms with Gasteiger partial charge in [0.15, 0.2) is 0 Å². The van der Waals surface area contributed by atoms with Crippen LogP contribution in [0.25, 0.3) is 0 Å². The Bertz CT molecular complexity index is 946. The predicted molar refractivity (Wildman–Crippen MR) is 98.5 cm³/mol.